The van der Waals surface area contributed by atoms with Gasteiger partial charge in [0.05, 0.1) is 24.8 Å². The summed E-state index contributed by atoms with van der Waals surface area (Å²) in [5, 5.41) is 0. The average molecular weight is 427 g/mol. The number of rotatable bonds is 4. The number of methoxy groups -OCH3 is 1. The first kappa shape index (κ1) is 21.7. The number of carbonyl (C=O) groups excluding carboxylic acids is 2. The number of piperazine rings is 1. The van der Waals surface area contributed by atoms with Gasteiger partial charge in [-0.3, -0.25) is 14.5 Å². The molecule has 1 aromatic carbocycles. The lowest BCUT2D eigenvalue weighted by Crippen LogP contribution is -2.53. The first-order valence-corrected chi connectivity index (χ1v) is 11.3. The largest absolute Gasteiger partial charge is 0.495 e. The monoisotopic (exact) mass is 426 g/mol. The van der Waals surface area contributed by atoms with Crippen LogP contribution >= 0.6 is 0 Å². The standard InChI is InChI=1S/C24H34N4O3/c1-25-12-6-5-9-24(23(25)30)10-13-26(14-11-24)19-22(29)28-17-15-27(16-18-28)20-7-3-4-8-21(20)31-2/h3-8H,9-19H2,1-2H3. The van der Waals surface area contributed by atoms with Gasteiger partial charge in [-0.05, 0) is 44.5 Å². The number of amides is 2. The molecule has 0 bridgehead atoms. The molecule has 7 nitrogen and oxygen atoms in total. The maximum absolute atomic E-state index is 12.9. The Morgan fingerprint density at radius 2 is 1.74 bits per heavy atom. The zero-order valence-corrected chi connectivity index (χ0v) is 18.8. The van der Waals surface area contributed by atoms with E-state index in [2.05, 4.69) is 28.0 Å². The Balaban J connectivity index is 1.27. The zero-order chi connectivity index (χ0) is 21.8. The molecule has 31 heavy (non-hydrogen) atoms. The van der Waals surface area contributed by atoms with Crippen LogP contribution in [0.15, 0.2) is 36.4 Å². The summed E-state index contributed by atoms with van der Waals surface area (Å²) in [6.07, 6.45) is 6.73. The molecule has 2 fully saturated rings. The molecule has 0 unspecified atom stereocenters. The van der Waals surface area contributed by atoms with Crippen molar-refractivity contribution in [1.82, 2.24) is 14.7 Å². The smallest absolute Gasteiger partial charge is 0.236 e. The molecule has 3 heterocycles. The van der Waals surface area contributed by atoms with Crippen LogP contribution in [0.4, 0.5) is 5.69 Å². The van der Waals surface area contributed by atoms with E-state index in [-0.39, 0.29) is 17.2 Å². The van der Waals surface area contributed by atoms with E-state index in [4.69, 9.17) is 4.74 Å². The summed E-state index contributed by atoms with van der Waals surface area (Å²) in [4.78, 5) is 34.1. The van der Waals surface area contributed by atoms with Gasteiger partial charge in [-0.1, -0.05) is 24.3 Å². The van der Waals surface area contributed by atoms with Crippen LogP contribution in [0.3, 0.4) is 0 Å². The normalized spacial score (nSPS) is 22.0. The number of anilines is 1. The molecule has 0 aliphatic carbocycles. The second kappa shape index (κ2) is 9.30. The number of ether oxygens (including phenoxy) is 1. The van der Waals surface area contributed by atoms with Crippen molar-refractivity contribution in [3.8, 4) is 5.75 Å². The SMILES string of the molecule is COc1ccccc1N1CCN(C(=O)CN2CCC3(CC=CCN(C)C3=O)CC2)CC1. The number of para-hydroxylation sites is 2. The predicted molar refractivity (Wildman–Crippen MR) is 121 cm³/mol. The quantitative estimate of drug-likeness (QED) is 0.688. The van der Waals surface area contributed by atoms with E-state index in [1.165, 1.54) is 0 Å². The summed E-state index contributed by atoms with van der Waals surface area (Å²) in [6.45, 7) is 5.82. The topological polar surface area (TPSA) is 56.3 Å². The number of allylic oxidation sites excluding steroid dienone is 1. The lowest BCUT2D eigenvalue weighted by atomic mass is 9.74. The highest BCUT2D eigenvalue weighted by Crippen LogP contribution is 2.38. The highest BCUT2D eigenvalue weighted by Gasteiger charge is 2.43. The van der Waals surface area contributed by atoms with Crippen molar-refractivity contribution in [1.29, 1.82) is 0 Å². The molecule has 0 saturated carbocycles. The van der Waals surface area contributed by atoms with Crippen LogP contribution in [-0.4, -0.2) is 93.0 Å². The first-order chi connectivity index (χ1) is 15.0. The van der Waals surface area contributed by atoms with Crippen LogP contribution in [0.2, 0.25) is 0 Å². The number of piperidine rings is 1. The third-order valence-electron chi connectivity index (χ3n) is 7.09. The average Bonchev–Trinajstić information content (AvgIpc) is 2.94. The lowest BCUT2D eigenvalue weighted by molar-refractivity contribution is -0.143. The van der Waals surface area contributed by atoms with Gasteiger partial charge in [0, 0.05) is 39.8 Å². The summed E-state index contributed by atoms with van der Waals surface area (Å²) in [7, 11) is 3.58. The zero-order valence-electron chi connectivity index (χ0n) is 18.8. The number of likely N-dealkylation sites (tertiary alicyclic amines) is 1. The maximum atomic E-state index is 12.9. The Kier molecular flexibility index (Phi) is 6.51. The summed E-state index contributed by atoms with van der Waals surface area (Å²) >= 11 is 0. The molecular formula is C24H34N4O3. The van der Waals surface area contributed by atoms with Crippen molar-refractivity contribution in [3.05, 3.63) is 36.4 Å². The highest BCUT2D eigenvalue weighted by atomic mass is 16.5. The van der Waals surface area contributed by atoms with Gasteiger partial charge in [-0.2, -0.15) is 0 Å². The van der Waals surface area contributed by atoms with E-state index in [0.29, 0.717) is 13.1 Å². The van der Waals surface area contributed by atoms with E-state index >= 15 is 0 Å². The minimum absolute atomic E-state index is 0.194. The molecule has 4 rings (SSSR count). The van der Waals surface area contributed by atoms with Gasteiger partial charge in [0.25, 0.3) is 0 Å². The van der Waals surface area contributed by atoms with Crippen LogP contribution in [0.1, 0.15) is 19.3 Å². The minimum atomic E-state index is -0.276. The molecule has 0 aromatic heterocycles. The van der Waals surface area contributed by atoms with E-state index in [1.54, 1.807) is 7.11 Å². The van der Waals surface area contributed by atoms with Crippen molar-refractivity contribution >= 4 is 17.5 Å². The fraction of sp³-hybridized carbons (Fsp3) is 0.583. The second-order valence-electron chi connectivity index (χ2n) is 8.96. The number of hydrogen-bond donors (Lipinski definition) is 0. The van der Waals surface area contributed by atoms with Crippen molar-refractivity contribution in [2.45, 2.75) is 19.3 Å². The van der Waals surface area contributed by atoms with E-state index in [9.17, 15) is 9.59 Å². The van der Waals surface area contributed by atoms with Crippen LogP contribution in [0.5, 0.6) is 5.75 Å². The number of carbonyl (C=O) groups is 2. The van der Waals surface area contributed by atoms with Gasteiger partial charge in [0.1, 0.15) is 5.75 Å². The van der Waals surface area contributed by atoms with E-state index in [1.807, 2.05) is 35.0 Å². The first-order valence-electron chi connectivity index (χ1n) is 11.3. The molecule has 0 radical (unpaired) electrons. The summed E-state index contributed by atoms with van der Waals surface area (Å²) in [6, 6.07) is 8.04. The molecule has 0 N–H and O–H groups in total. The van der Waals surface area contributed by atoms with Gasteiger partial charge >= 0.3 is 0 Å². The molecular weight excluding hydrogens is 392 g/mol. The molecule has 2 amide bonds. The van der Waals surface area contributed by atoms with E-state index < -0.39 is 0 Å². The van der Waals surface area contributed by atoms with Gasteiger partial charge < -0.3 is 19.4 Å². The molecule has 7 heteroatoms. The van der Waals surface area contributed by atoms with Gasteiger partial charge in [-0.15, -0.1) is 0 Å². The van der Waals surface area contributed by atoms with Gasteiger partial charge in [0.2, 0.25) is 11.8 Å². The number of likely N-dealkylation sites (N-methyl/N-ethyl adjacent to an activating group) is 1. The molecule has 3 aliphatic heterocycles. The third kappa shape index (κ3) is 4.56. The highest BCUT2D eigenvalue weighted by molar-refractivity contribution is 5.83. The molecule has 2 saturated heterocycles. The summed E-state index contributed by atoms with van der Waals surface area (Å²) in [5.41, 5.74) is 0.812. The van der Waals surface area contributed by atoms with Crippen LogP contribution in [0.25, 0.3) is 0 Å². The van der Waals surface area contributed by atoms with Crippen molar-refractivity contribution in [2.24, 2.45) is 5.41 Å². The number of nitrogens with zero attached hydrogens (tertiary/aromatic N) is 4. The van der Waals surface area contributed by atoms with Crippen molar-refractivity contribution in [2.75, 3.05) is 71.4 Å². The maximum Gasteiger partial charge on any atom is 0.236 e. The molecule has 1 spiro atoms. The van der Waals surface area contributed by atoms with Gasteiger partial charge in [0.15, 0.2) is 0 Å². The Hall–Kier alpha value is -2.54. The molecule has 3 aliphatic rings. The second-order valence-corrected chi connectivity index (χ2v) is 8.96. The Bertz CT molecular complexity index is 824. The fourth-order valence-corrected chi connectivity index (χ4v) is 5.05. The minimum Gasteiger partial charge on any atom is -0.495 e. The van der Waals surface area contributed by atoms with Crippen LogP contribution in [0, 0.1) is 5.41 Å². The predicted octanol–water partition coefficient (Wildman–Crippen LogP) is 1.84. The van der Waals surface area contributed by atoms with Crippen LogP contribution in [-0.2, 0) is 9.59 Å². The Labute approximate surface area is 185 Å². The Morgan fingerprint density at radius 1 is 1.03 bits per heavy atom. The molecule has 168 valence electrons. The van der Waals surface area contributed by atoms with E-state index in [0.717, 1.165) is 70.0 Å². The molecule has 1 aromatic rings. The molecule has 0 atom stereocenters. The third-order valence-corrected chi connectivity index (χ3v) is 7.09. The van der Waals surface area contributed by atoms with Crippen LogP contribution < -0.4 is 9.64 Å². The lowest BCUT2D eigenvalue weighted by Gasteiger charge is -2.42. The van der Waals surface area contributed by atoms with Crippen molar-refractivity contribution in [3.63, 3.8) is 0 Å². The summed E-state index contributed by atoms with van der Waals surface area (Å²) in [5.74, 6) is 1.33. The fourth-order valence-electron chi connectivity index (χ4n) is 5.05. The Morgan fingerprint density at radius 3 is 2.45 bits per heavy atom. The number of hydrogen-bond acceptors (Lipinski definition) is 5. The number of benzene rings is 1. The van der Waals surface area contributed by atoms with Crippen molar-refractivity contribution < 1.29 is 14.3 Å². The van der Waals surface area contributed by atoms with Gasteiger partial charge in [-0.25, -0.2) is 0 Å². The summed E-state index contributed by atoms with van der Waals surface area (Å²) < 4.78 is 5.48.